The first-order valence-electron chi connectivity index (χ1n) is 8.43. The molecule has 1 aliphatic rings. The van der Waals surface area contributed by atoms with Crippen molar-refractivity contribution in [2.24, 2.45) is 0 Å². The number of rotatable bonds is 5. The van der Waals surface area contributed by atoms with Crippen LogP contribution in [0.15, 0.2) is 35.2 Å². The Kier molecular flexibility index (Phi) is 5.96. The number of ether oxygens (including phenoxy) is 1. The lowest BCUT2D eigenvalue weighted by Gasteiger charge is -2.10. The topological polar surface area (TPSA) is 84.5 Å². The summed E-state index contributed by atoms with van der Waals surface area (Å²) in [7, 11) is -4.15. The van der Waals surface area contributed by atoms with Gasteiger partial charge in [0.05, 0.1) is 9.77 Å². The number of hydrazine groups is 1. The largest absolute Gasteiger partial charge is 0.573 e. The highest BCUT2D eigenvalue weighted by molar-refractivity contribution is 7.89. The highest BCUT2D eigenvalue weighted by Gasteiger charge is 2.31. The molecule has 1 aliphatic carbocycles. The number of amides is 1. The van der Waals surface area contributed by atoms with Crippen molar-refractivity contribution < 1.29 is 31.1 Å². The second kappa shape index (κ2) is 8.10. The zero-order valence-corrected chi connectivity index (χ0v) is 16.1. The summed E-state index contributed by atoms with van der Waals surface area (Å²) in [6.07, 6.45) is 0.213. The molecule has 0 fully saturated rings. The molecule has 0 aliphatic heterocycles. The molecule has 28 heavy (non-hydrogen) atoms. The zero-order chi connectivity index (χ0) is 20.4. The molecule has 1 aromatic heterocycles. The number of nitrogens with one attached hydrogen (secondary N) is 2. The normalized spacial score (nSPS) is 14.8. The van der Waals surface area contributed by atoms with Crippen LogP contribution >= 0.6 is 11.3 Å². The van der Waals surface area contributed by atoms with Crippen molar-refractivity contribution >= 4 is 27.3 Å². The number of thiophene rings is 1. The van der Waals surface area contributed by atoms with Crippen LogP contribution in [0, 0.1) is 0 Å². The van der Waals surface area contributed by atoms with Gasteiger partial charge in [-0.15, -0.1) is 29.3 Å². The Morgan fingerprint density at radius 1 is 1.07 bits per heavy atom. The lowest BCUT2D eigenvalue weighted by atomic mass is 10.1. The molecule has 1 heterocycles. The van der Waals surface area contributed by atoms with Crippen LogP contribution in [0.1, 0.15) is 39.4 Å². The van der Waals surface area contributed by atoms with Gasteiger partial charge in [-0.3, -0.25) is 10.2 Å². The number of carbonyl (C=O) groups excluding carboxylic acids is 1. The molecule has 0 saturated heterocycles. The van der Waals surface area contributed by atoms with Gasteiger partial charge in [-0.2, -0.15) is 0 Å². The summed E-state index contributed by atoms with van der Waals surface area (Å²) in [6.45, 7) is 0. The van der Waals surface area contributed by atoms with Crippen LogP contribution in [-0.4, -0.2) is 20.7 Å². The van der Waals surface area contributed by atoms with Crippen molar-refractivity contribution in [3.63, 3.8) is 0 Å². The van der Waals surface area contributed by atoms with E-state index in [2.05, 4.69) is 10.2 Å². The Labute approximate surface area is 163 Å². The molecule has 0 saturated carbocycles. The van der Waals surface area contributed by atoms with Gasteiger partial charge >= 0.3 is 6.36 Å². The molecule has 1 aromatic carbocycles. The molecule has 0 unspecified atom stereocenters. The molecule has 1 amide bonds. The van der Waals surface area contributed by atoms with Crippen LogP contribution in [0.4, 0.5) is 13.2 Å². The summed E-state index contributed by atoms with van der Waals surface area (Å²) >= 11 is 1.34. The predicted molar refractivity (Wildman–Crippen MR) is 96.5 cm³/mol. The standard InChI is InChI=1S/C17H17F3N2O4S2/c18-17(19,20)26-12-6-8-13(9-7-12)28(24,25)22-21-16(23)15-10-11-4-2-1-3-5-14(11)27-15/h6-10,22H,1-5H2,(H,21,23). The van der Waals surface area contributed by atoms with Crippen molar-refractivity contribution in [1.29, 1.82) is 0 Å². The van der Waals surface area contributed by atoms with Gasteiger partial charge < -0.3 is 4.74 Å². The van der Waals surface area contributed by atoms with Gasteiger partial charge in [0.2, 0.25) is 0 Å². The van der Waals surface area contributed by atoms with E-state index in [9.17, 15) is 26.4 Å². The number of fused-ring (bicyclic) bond motifs is 1. The average molecular weight is 434 g/mol. The van der Waals surface area contributed by atoms with Crippen molar-refractivity contribution in [2.75, 3.05) is 0 Å². The minimum Gasteiger partial charge on any atom is -0.406 e. The number of aryl methyl sites for hydroxylation is 2. The number of hydrogen-bond donors (Lipinski definition) is 2. The first kappa shape index (κ1) is 20.6. The summed E-state index contributed by atoms with van der Waals surface area (Å²) in [5.74, 6) is -1.13. The number of halogens is 3. The van der Waals surface area contributed by atoms with Crippen molar-refractivity contribution in [1.82, 2.24) is 10.3 Å². The van der Waals surface area contributed by atoms with Gasteiger partial charge in [0, 0.05) is 4.88 Å². The fraction of sp³-hybridized carbons (Fsp3) is 0.353. The van der Waals surface area contributed by atoms with Crippen LogP contribution in [-0.2, 0) is 22.9 Å². The highest BCUT2D eigenvalue weighted by Crippen LogP contribution is 2.29. The lowest BCUT2D eigenvalue weighted by Crippen LogP contribution is -2.41. The van der Waals surface area contributed by atoms with E-state index in [0.29, 0.717) is 4.88 Å². The summed E-state index contributed by atoms with van der Waals surface area (Å²) in [6, 6.07) is 5.42. The van der Waals surface area contributed by atoms with E-state index in [4.69, 9.17) is 0 Å². The maximum absolute atomic E-state index is 12.3. The van der Waals surface area contributed by atoms with Crippen LogP contribution < -0.4 is 15.0 Å². The molecule has 2 aromatic rings. The van der Waals surface area contributed by atoms with Crippen LogP contribution in [0.2, 0.25) is 0 Å². The van der Waals surface area contributed by atoms with Gasteiger partial charge in [0.15, 0.2) is 0 Å². The van der Waals surface area contributed by atoms with E-state index in [1.54, 1.807) is 6.07 Å². The molecule has 11 heteroatoms. The van der Waals surface area contributed by atoms with Gasteiger partial charge in [0.25, 0.3) is 15.9 Å². The number of hydrogen-bond acceptors (Lipinski definition) is 5. The van der Waals surface area contributed by atoms with Gasteiger partial charge in [-0.1, -0.05) is 6.42 Å². The van der Waals surface area contributed by atoms with Crippen molar-refractivity contribution in [3.8, 4) is 5.75 Å². The Morgan fingerprint density at radius 3 is 2.43 bits per heavy atom. The van der Waals surface area contributed by atoms with Gasteiger partial charge in [-0.05, 0) is 61.6 Å². The third-order valence-corrected chi connectivity index (χ3v) is 6.64. The second-order valence-corrected chi connectivity index (χ2v) is 9.02. The number of benzene rings is 1. The quantitative estimate of drug-likeness (QED) is 0.557. The number of alkyl halides is 3. The van der Waals surface area contributed by atoms with Crippen molar-refractivity contribution in [3.05, 3.63) is 45.6 Å². The Morgan fingerprint density at radius 2 is 1.75 bits per heavy atom. The lowest BCUT2D eigenvalue weighted by molar-refractivity contribution is -0.274. The molecule has 0 radical (unpaired) electrons. The molecule has 3 rings (SSSR count). The molecule has 0 atom stereocenters. The van der Waals surface area contributed by atoms with Crippen LogP contribution in [0.3, 0.4) is 0 Å². The Hall–Kier alpha value is -2.11. The smallest absolute Gasteiger partial charge is 0.406 e. The predicted octanol–water partition coefficient (Wildman–Crippen LogP) is 3.54. The summed E-state index contributed by atoms with van der Waals surface area (Å²) in [4.78, 5) is 15.4. The fourth-order valence-electron chi connectivity index (χ4n) is 2.83. The van der Waals surface area contributed by atoms with Crippen LogP contribution in [0.25, 0.3) is 0 Å². The average Bonchev–Trinajstić information content (AvgIpc) is 2.90. The van der Waals surface area contributed by atoms with Crippen molar-refractivity contribution in [2.45, 2.75) is 43.4 Å². The number of sulfonamides is 1. The van der Waals surface area contributed by atoms with E-state index in [-0.39, 0.29) is 4.90 Å². The van der Waals surface area contributed by atoms with E-state index in [1.165, 1.54) is 11.3 Å². The Bertz CT molecular complexity index is 930. The monoisotopic (exact) mass is 434 g/mol. The maximum atomic E-state index is 12.3. The fourth-order valence-corrected chi connectivity index (χ4v) is 4.82. The summed E-state index contributed by atoms with van der Waals surface area (Å²) < 4.78 is 64.6. The van der Waals surface area contributed by atoms with Crippen LogP contribution in [0.5, 0.6) is 5.75 Å². The summed E-state index contributed by atoms with van der Waals surface area (Å²) in [5, 5.41) is 0. The minimum atomic E-state index is -4.87. The van der Waals surface area contributed by atoms with E-state index in [1.807, 2.05) is 4.83 Å². The minimum absolute atomic E-state index is 0.315. The first-order valence-corrected chi connectivity index (χ1v) is 10.7. The zero-order valence-electron chi connectivity index (χ0n) is 14.5. The maximum Gasteiger partial charge on any atom is 0.573 e. The highest BCUT2D eigenvalue weighted by atomic mass is 32.2. The molecule has 152 valence electrons. The molecule has 0 bridgehead atoms. The third-order valence-electron chi connectivity index (χ3n) is 4.14. The van der Waals surface area contributed by atoms with E-state index >= 15 is 0 Å². The number of carbonyl (C=O) groups is 1. The summed E-state index contributed by atoms with van der Waals surface area (Å²) in [5.41, 5.74) is 3.26. The molecule has 0 spiro atoms. The SMILES string of the molecule is O=C(NNS(=O)(=O)c1ccc(OC(F)(F)F)cc1)c1cc2c(s1)CCCCC2. The molecular weight excluding hydrogens is 417 g/mol. The Balaban J connectivity index is 1.64. The van der Waals surface area contributed by atoms with Gasteiger partial charge in [0.1, 0.15) is 5.75 Å². The van der Waals surface area contributed by atoms with E-state index < -0.39 is 28.0 Å². The van der Waals surface area contributed by atoms with Gasteiger partial charge in [-0.25, -0.2) is 8.42 Å². The first-order chi connectivity index (χ1) is 13.1. The molecular formula is C17H17F3N2O4S2. The van der Waals surface area contributed by atoms with E-state index in [0.717, 1.165) is 66.8 Å². The molecule has 6 nitrogen and oxygen atoms in total. The second-order valence-electron chi connectivity index (χ2n) is 6.20. The molecule has 2 N–H and O–H groups in total. The third kappa shape index (κ3) is 5.24.